The molecular formula is C33H44AuN2O. The van der Waals surface area contributed by atoms with Crippen LogP contribution in [-0.4, -0.2) is 0 Å². The number of hydrogen-bond donors (Lipinski definition) is 0. The molecule has 0 amide bonds. The normalized spacial score (nSPS) is 12.9. The molecule has 0 saturated heterocycles. The van der Waals surface area contributed by atoms with Gasteiger partial charge in [-0.15, -0.1) is 5.75 Å². The van der Waals surface area contributed by atoms with E-state index < -0.39 is 0 Å². The van der Waals surface area contributed by atoms with Crippen molar-refractivity contribution in [1.29, 1.82) is 0 Å². The standard InChI is InChI=1S/C27H37N2.C6H6O.Au.H2/c1-18(2)22-11-9-12-23(19(3)4)26(22)28-15-16-29(17-28)27-24(20(5)6)13-10-14-25(27)21(7)8;7-6-4-2-1-3-5-6;;/h9-21H,1-8H3;1-5,7H;;1H/q;;+1;/p-1. The number of benzene rings is 3. The fourth-order valence-corrected chi connectivity index (χ4v) is 4.66. The molecule has 0 saturated carbocycles. The largest absolute Gasteiger partial charge is 1.00 e. The van der Waals surface area contributed by atoms with Gasteiger partial charge in [0.2, 0.25) is 0 Å². The first-order valence-corrected chi connectivity index (χ1v) is 13.2. The van der Waals surface area contributed by atoms with Crippen molar-refractivity contribution >= 4 is 11.4 Å². The van der Waals surface area contributed by atoms with Gasteiger partial charge in [-0.3, -0.25) is 0 Å². The number of rotatable bonds is 6. The third kappa shape index (κ3) is 7.54. The Morgan fingerprint density at radius 2 is 0.838 bits per heavy atom. The Bertz CT molecular complexity index is 1030. The maximum Gasteiger partial charge on any atom is 1.00 e. The van der Waals surface area contributed by atoms with Crippen LogP contribution < -0.4 is 14.9 Å². The van der Waals surface area contributed by atoms with Gasteiger partial charge in [0.1, 0.15) is 0 Å². The van der Waals surface area contributed by atoms with Gasteiger partial charge in [0.05, 0.1) is 0 Å². The van der Waals surface area contributed by atoms with Crippen LogP contribution in [0.1, 0.15) is 103 Å². The van der Waals surface area contributed by atoms with Gasteiger partial charge >= 0.3 is 22.4 Å². The van der Waals surface area contributed by atoms with Crippen LogP contribution in [0.5, 0.6) is 5.75 Å². The van der Waals surface area contributed by atoms with E-state index in [0.717, 1.165) is 0 Å². The predicted molar refractivity (Wildman–Crippen MR) is 156 cm³/mol. The second-order valence-corrected chi connectivity index (χ2v) is 10.7. The summed E-state index contributed by atoms with van der Waals surface area (Å²) in [5.74, 6) is 1.99. The van der Waals surface area contributed by atoms with Crippen molar-refractivity contribution in [2.24, 2.45) is 0 Å². The van der Waals surface area contributed by atoms with Crippen LogP contribution >= 0.6 is 0 Å². The summed E-state index contributed by atoms with van der Waals surface area (Å²) in [5, 5.41) is 10.3. The zero-order valence-electron chi connectivity index (χ0n) is 23.5. The fourth-order valence-electron chi connectivity index (χ4n) is 4.66. The number of anilines is 2. The molecule has 1 heterocycles. The Morgan fingerprint density at radius 1 is 0.514 bits per heavy atom. The van der Waals surface area contributed by atoms with Crippen molar-refractivity contribution in [3.63, 3.8) is 0 Å². The van der Waals surface area contributed by atoms with E-state index in [1.54, 1.807) is 12.1 Å². The Hall–Kier alpha value is -2.46. The fraction of sp³-hybridized carbons (Fsp3) is 0.364. The van der Waals surface area contributed by atoms with Crippen molar-refractivity contribution < 1.29 is 28.9 Å². The number of hydrogen-bond acceptors (Lipinski definition) is 3. The van der Waals surface area contributed by atoms with Crippen LogP contribution in [0.15, 0.2) is 79.1 Å². The monoisotopic (exact) mass is 681 g/mol. The smallest absolute Gasteiger partial charge is 0.872 e. The van der Waals surface area contributed by atoms with Gasteiger partial charge in [-0.25, -0.2) is 0 Å². The molecule has 1 aliphatic heterocycles. The third-order valence-corrected chi connectivity index (χ3v) is 6.58. The topological polar surface area (TPSA) is 29.5 Å². The first kappa shape index (κ1) is 30.8. The average molecular weight is 682 g/mol. The summed E-state index contributed by atoms with van der Waals surface area (Å²) < 4.78 is 0. The van der Waals surface area contributed by atoms with Gasteiger partial charge in [-0.2, -0.15) is 0 Å². The molecule has 4 heteroatoms. The van der Waals surface area contributed by atoms with Gasteiger partial charge in [0, 0.05) is 25.2 Å². The minimum absolute atomic E-state index is 0. The summed E-state index contributed by atoms with van der Waals surface area (Å²) in [6, 6.07) is 21.8. The first-order chi connectivity index (χ1) is 17.1. The molecule has 3 aromatic carbocycles. The summed E-state index contributed by atoms with van der Waals surface area (Å²) in [7, 11) is 0. The second kappa shape index (κ2) is 13.9. The Balaban J connectivity index is 0.000000697. The third-order valence-electron chi connectivity index (χ3n) is 6.58. The van der Waals surface area contributed by atoms with Crippen molar-refractivity contribution in [3.8, 4) is 5.75 Å². The van der Waals surface area contributed by atoms with E-state index in [-0.39, 0.29) is 29.6 Å². The van der Waals surface area contributed by atoms with Crippen LogP contribution in [0.25, 0.3) is 0 Å². The van der Waals surface area contributed by atoms with E-state index in [9.17, 15) is 5.11 Å². The summed E-state index contributed by atoms with van der Waals surface area (Å²) in [4.78, 5) is 4.65. The van der Waals surface area contributed by atoms with Crippen LogP contribution in [0.4, 0.5) is 11.4 Å². The minimum Gasteiger partial charge on any atom is -0.872 e. The Morgan fingerprint density at radius 3 is 1.08 bits per heavy atom. The van der Waals surface area contributed by atoms with Gasteiger partial charge in [-0.05, 0) is 45.9 Å². The predicted octanol–water partition coefficient (Wildman–Crippen LogP) is 9.10. The average Bonchev–Trinajstić information content (AvgIpc) is 3.33. The van der Waals surface area contributed by atoms with E-state index in [4.69, 9.17) is 0 Å². The quantitative estimate of drug-likeness (QED) is 0.243. The molecule has 0 unspecified atom stereocenters. The zero-order chi connectivity index (χ0) is 26.4. The molecule has 0 aliphatic carbocycles. The summed E-state index contributed by atoms with van der Waals surface area (Å²) >= 11 is 0. The molecule has 4 rings (SSSR count). The molecule has 1 radical (unpaired) electrons. The summed E-state index contributed by atoms with van der Waals surface area (Å²) in [6.45, 7) is 20.5. The van der Waals surface area contributed by atoms with Crippen LogP contribution in [0, 0.1) is 6.67 Å². The SMILES string of the molecule is CC(C)c1cccc(C(C)C)c1N1[CH]N(c2c(C(C)C)cccc2C(C)C)C=C1.[Au+].[HH].[O-]c1ccccc1. The molecule has 3 nitrogen and oxygen atoms in total. The summed E-state index contributed by atoms with van der Waals surface area (Å²) in [6.07, 6.45) is 4.43. The number of nitrogens with zero attached hydrogens (tertiary/aromatic N) is 2. The molecule has 203 valence electrons. The van der Waals surface area contributed by atoms with Crippen molar-refractivity contribution in [3.05, 3.63) is 108 Å². The van der Waals surface area contributed by atoms with Crippen molar-refractivity contribution in [2.45, 2.75) is 79.1 Å². The zero-order valence-corrected chi connectivity index (χ0v) is 25.7. The minimum atomic E-state index is 0. The van der Waals surface area contributed by atoms with E-state index in [1.807, 2.05) is 6.07 Å². The molecule has 0 N–H and O–H groups in total. The maximum absolute atomic E-state index is 10.3. The Kier molecular flexibility index (Phi) is 11.6. The van der Waals surface area contributed by atoms with E-state index >= 15 is 0 Å². The van der Waals surface area contributed by atoms with Gasteiger partial charge in [0.25, 0.3) is 0 Å². The Labute approximate surface area is 242 Å². The van der Waals surface area contributed by atoms with Crippen LogP contribution in [0.2, 0.25) is 0 Å². The molecule has 0 spiro atoms. The maximum atomic E-state index is 10.3. The summed E-state index contributed by atoms with van der Waals surface area (Å²) in [5.41, 5.74) is 8.29. The second-order valence-electron chi connectivity index (χ2n) is 10.7. The van der Waals surface area contributed by atoms with Crippen LogP contribution in [0.3, 0.4) is 0 Å². The molecule has 0 aromatic heterocycles. The first-order valence-electron chi connectivity index (χ1n) is 13.2. The molecule has 37 heavy (non-hydrogen) atoms. The van der Waals surface area contributed by atoms with Crippen LogP contribution in [-0.2, 0) is 22.4 Å². The molecule has 3 aromatic rings. The van der Waals surface area contributed by atoms with E-state index in [0.29, 0.717) is 23.7 Å². The van der Waals surface area contributed by atoms with Crippen molar-refractivity contribution in [1.82, 2.24) is 0 Å². The molecular weight excluding hydrogens is 637 g/mol. The van der Waals surface area contributed by atoms with Gasteiger partial charge in [-0.1, -0.05) is 122 Å². The number of para-hydroxylation sites is 3. The van der Waals surface area contributed by atoms with Gasteiger partial charge < -0.3 is 14.9 Å². The molecule has 0 bridgehead atoms. The molecule has 0 fully saturated rings. The van der Waals surface area contributed by atoms with Crippen molar-refractivity contribution in [2.75, 3.05) is 9.80 Å². The van der Waals surface area contributed by atoms with Gasteiger partial charge in [0.15, 0.2) is 6.67 Å². The van der Waals surface area contributed by atoms with E-state index in [1.165, 1.54) is 45.8 Å². The molecule has 1 aliphatic rings. The van der Waals surface area contributed by atoms with E-state index in [2.05, 4.69) is 121 Å². The molecule has 0 atom stereocenters.